The van der Waals surface area contributed by atoms with Gasteiger partial charge in [0.2, 0.25) is 5.03 Å². The van der Waals surface area contributed by atoms with Crippen molar-refractivity contribution < 1.29 is 18.5 Å². The van der Waals surface area contributed by atoms with Gasteiger partial charge in [0.25, 0.3) is 0 Å². The highest BCUT2D eigenvalue weighted by molar-refractivity contribution is 7.98. The van der Waals surface area contributed by atoms with Gasteiger partial charge in [0.1, 0.15) is 16.8 Å². The maximum Gasteiger partial charge on any atom is 0.341 e. The minimum Gasteiger partial charge on any atom is -0.606 e. The molecule has 0 N–H and O–H groups in total. The number of anilines is 1. The molecule has 8 heteroatoms. The second kappa shape index (κ2) is 6.36. The number of hydrogen-bond donors (Lipinski definition) is 0. The van der Waals surface area contributed by atoms with Gasteiger partial charge >= 0.3 is 5.97 Å². The Labute approximate surface area is 145 Å². The lowest BCUT2D eigenvalue weighted by Crippen LogP contribution is -2.31. The van der Waals surface area contributed by atoms with Crippen LogP contribution in [0.5, 0.6) is 0 Å². The minimum absolute atomic E-state index is 0.0246. The van der Waals surface area contributed by atoms with Crippen molar-refractivity contribution in [1.82, 2.24) is 0 Å². The summed E-state index contributed by atoms with van der Waals surface area (Å²) in [5, 5.41) is 1.69. The summed E-state index contributed by atoms with van der Waals surface area (Å²) in [5.41, 5.74) is 1.27. The fourth-order valence-electron chi connectivity index (χ4n) is 2.72. The summed E-state index contributed by atoms with van der Waals surface area (Å²) in [6, 6.07) is 2.70. The Kier molecular flexibility index (Phi) is 4.60. The Morgan fingerprint density at radius 1 is 1.52 bits per heavy atom. The first-order valence-corrected chi connectivity index (χ1v) is 8.96. The fraction of sp³-hybridized carbons (Fsp3) is 0.267. The van der Waals surface area contributed by atoms with Crippen molar-refractivity contribution in [3.05, 3.63) is 50.7 Å². The maximum absolute atomic E-state index is 13.9. The molecular weight excluding hydrogens is 364 g/mol. The average molecular weight is 376 g/mol. The molecule has 4 nitrogen and oxygen atoms in total. The Hall–Kier alpha value is -1.21. The van der Waals surface area contributed by atoms with Crippen LogP contribution in [-0.2, 0) is 20.7 Å². The second-order valence-corrected chi connectivity index (χ2v) is 6.89. The lowest BCUT2D eigenvalue weighted by molar-refractivity contribution is -0.138. The van der Waals surface area contributed by atoms with Gasteiger partial charge in [-0.15, -0.1) is 11.6 Å². The van der Waals surface area contributed by atoms with Crippen LogP contribution in [0.1, 0.15) is 18.4 Å². The molecule has 0 saturated carbocycles. The smallest absolute Gasteiger partial charge is 0.341 e. The van der Waals surface area contributed by atoms with Gasteiger partial charge in [-0.3, -0.25) is 4.90 Å². The molecule has 2 unspecified atom stereocenters. The number of fused-ring (bicyclic) bond motifs is 3. The largest absolute Gasteiger partial charge is 0.606 e. The number of rotatable bonds is 3. The zero-order valence-electron chi connectivity index (χ0n) is 12.0. The maximum atomic E-state index is 13.9. The summed E-state index contributed by atoms with van der Waals surface area (Å²) in [6.07, 6.45) is 1.57. The molecule has 1 aromatic rings. The normalized spacial score (nSPS) is 22.2. The monoisotopic (exact) mass is 375 g/mol. The molecule has 0 amide bonds. The average Bonchev–Trinajstić information content (AvgIpc) is 2.89. The van der Waals surface area contributed by atoms with E-state index in [-0.39, 0.29) is 23.1 Å². The quantitative estimate of drug-likeness (QED) is 0.459. The second-order valence-electron chi connectivity index (χ2n) is 4.92. The van der Waals surface area contributed by atoms with Crippen molar-refractivity contribution in [3.8, 4) is 0 Å². The lowest BCUT2D eigenvalue weighted by Gasteiger charge is -2.31. The Balaban J connectivity index is 2.23. The van der Waals surface area contributed by atoms with E-state index in [0.29, 0.717) is 16.3 Å². The molecule has 122 valence electrons. The summed E-state index contributed by atoms with van der Waals surface area (Å²) < 4.78 is 31.3. The third-order valence-corrected chi connectivity index (χ3v) is 5.44. The predicted octanol–water partition coefficient (Wildman–Crippen LogP) is 3.63. The SMILES string of the molecule is CCOC(=O)C1=C2N(C=C[S+]2[O-])c2cc(Cl)c(F)cc2C1CCl. The molecule has 0 radical (unpaired) electrons. The zero-order valence-corrected chi connectivity index (χ0v) is 14.3. The molecule has 0 spiro atoms. The van der Waals surface area contributed by atoms with Crippen molar-refractivity contribution in [2.75, 3.05) is 17.4 Å². The topological polar surface area (TPSA) is 52.6 Å². The highest BCUT2D eigenvalue weighted by atomic mass is 35.5. The Bertz CT molecular complexity index is 738. The zero-order chi connectivity index (χ0) is 16.7. The first kappa shape index (κ1) is 16.6. The number of esters is 1. The van der Waals surface area contributed by atoms with Crippen LogP contribution >= 0.6 is 23.2 Å². The van der Waals surface area contributed by atoms with Gasteiger partial charge in [-0.25, -0.2) is 9.18 Å². The van der Waals surface area contributed by atoms with Gasteiger partial charge in [-0.05, 0) is 24.6 Å². The van der Waals surface area contributed by atoms with Crippen LogP contribution in [0.4, 0.5) is 10.1 Å². The van der Waals surface area contributed by atoms with E-state index in [1.807, 2.05) is 0 Å². The van der Waals surface area contributed by atoms with Crippen molar-refractivity contribution in [2.45, 2.75) is 12.8 Å². The van der Waals surface area contributed by atoms with Crippen LogP contribution in [0.25, 0.3) is 0 Å². The van der Waals surface area contributed by atoms with E-state index >= 15 is 0 Å². The first-order chi connectivity index (χ1) is 11.0. The number of ether oxygens (including phenoxy) is 1. The first-order valence-electron chi connectivity index (χ1n) is 6.83. The van der Waals surface area contributed by atoms with Gasteiger partial charge in [-0.1, -0.05) is 11.6 Å². The van der Waals surface area contributed by atoms with Gasteiger partial charge in [0.05, 0.1) is 23.5 Å². The molecule has 0 aromatic heterocycles. The van der Waals surface area contributed by atoms with E-state index < -0.39 is 28.9 Å². The number of carbonyl (C=O) groups excluding carboxylic acids is 1. The number of benzene rings is 1. The van der Waals surface area contributed by atoms with Gasteiger partial charge in [0.15, 0.2) is 0 Å². The third-order valence-electron chi connectivity index (χ3n) is 3.68. The molecule has 2 atom stereocenters. The highest BCUT2D eigenvalue weighted by Crippen LogP contribution is 2.47. The molecule has 0 aliphatic carbocycles. The van der Waals surface area contributed by atoms with E-state index in [4.69, 9.17) is 27.9 Å². The number of carbonyl (C=O) groups is 1. The standard InChI is InChI=1S/C15H12Cl2FNO3S/c1-2-22-15(20)13-9(7-16)8-5-11(18)10(17)6-12(8)19-3-4-23(21)14(13)19/h3-6,9H,2,7H2,1H3. The van der Waals surface area contributed by atoms with Crippen LogP contribution < -0.4 is 4.90 Å². The van der Waals surface area contributed by atoms with Crippen molar-refractivity contribution in [2.24, 2.45) is 0 Å². The highest BCUT2D eigenvalue weighted by Gasteiger charge is 2.44. The van der Waals surface area contributed by atoms with Crippen molar-refractivity contribution >= 4 is 46.0 Å². The van der Waals surface area contributed by atoms with E-state index in [1.165, 1.54) is 17.5 Å². The summed E-state index contributed by atoms with van der Waals surface area (Å²) >= 11 is 10.4. The van der Waals surface area contributed by atoms with Gasteiger partial charge in [0, 0.05) is 23.0 Å². The molecule has 2 aliphatic rings. The van der Waals surface area contributed by atoms with Crippen LogP contribution in [-0.4, -0.2) is 23.0 Å². The molecule has 2 aliphatic heterocycles. The summed E-state index contributed by atoms with van der Waals surface area (Å²) in [7, 11) is 0. The van der Waals surface area contributed by atoms with Gasteiger partial charge in [-0.2, -0.15) is 0 Å². The number of hydrogen-bond acceptors (Lipinski definition) is 4. The van der Waals surface area contributed by atoms with Crippen molar-refractivity contribution in [1.29, 1.82) is 0 Å². The Morgan fingerprint density at radius 3 is 2.91 bits per heavy atom. The fourth-order valence-corrected chi connectivity index (χ4v) is 4.35. The third kappa shape index (κ3) is 2.63. The molecule has 2 heterocycles. The van der Waals surface area contributed by atoms with E-state index in [2.05, 4.69) is 0 Å². The summed E-state index contributed by atoms with van der Waals surface area (Å²) in [5.74, 6) is -1.79. The molecule has 0 saturated heterocycles. The summed E-state index contributed by atoms with van der Waals surface area (Å²) in [6.45, 7) is 1.85. The molecule has 23 heavy (non-hydrogen) atoms. The van der Waals surface area contributed by atoms with Crippen LogP contribution in [0.15, 0.2) is 34.3 Å². The molecule has 0 bridgehead atoms. The van der Waals surface area contributed by atoms with E-state index in [0.717, 1.165) is 0 Å². The number of nitrogens with zero attached hydrogens (tertiary/aromatic N) is 1. The molecule has 0 fully saturated rings. The number of halogens is 3. The van der Waals surface area contributed by atoms with Crippen LogP contribution in [0.3, 0.4) is 0 Å². The van der Waals surface area contributed by atoms with Gasteiger partial charge < -0.3 is 9.29 Å². The molecule has 1 aromatic carbocycles. The minimum atomic E-state index is -1.51. The van der Waals surface area contributed by atoms with Crippen molar-refractivity contribution in [3.63, 3.8) is 0 Å². The predicted molar refractivity (Wildman–Crippen MR) is 88.3 cm³/mol. The van der Waals surface area contributed by atoms with Crippen LogP contribution in [0.2, 0.25) is 5.02 Å². The van der Waals surface area contributed by atoms with Crippen LogP contribution in [0, 0.1) is 5.82 Å². The molecular formula is C15H12Cl2FNO3S. The Morgan fingerprint density at radius 2 is 2.26 bits per heavy atom. The van der Waals surface area contributed by atoms with E-state index in [9.17, 15) is 13.7 Å². The lowest BCUT2D eigenvalue weighted by atomic mass is 9.88. The summed E-state index contributed by atoms with van der Waals surface area (Å²) in [4.78, 5) is 13.9. The van der Waals surface area contributed by atoms with E-state index in [1.54, 1.807) is 18.0 Å². The number of alkyl halides is 1. The molecule has 3 rings (SSSR count).